The molecule has 0 spiro atoms. The molecule has 2 amide bonds. The molecule has 0 aromatic heterocycles. The molecule has 0 bridgehead atoms. The summed E-state index contributed by atoms with van der Waals surface area (Å²) in [6.07, 6.45) is 7.34. The van der Waals surface area contributed by atoms with E-state index in [-0.39, 0.29) is 48.4 Å². The first-order valence-electron chi connectivity index (χ1n) is 10.1. The Morgan fingerprint density at radius 3 is 2.48 bits per heavy atom. The molecule has 152 valence electrons. The highest BCUT2D eigenvalue weighted by atomic mass is 16.5. The van der Waals surface area contributed by atoms with Crippen molar-refractivity contribution in [2.75, 3.05) is 19.6 Å². The van der Waals surface area contributed by atoms with Crippen LogP contribution < -0.4 is 10.6 Å². The minimum absolute atomic E-state index is 0.0821. The summed E-state index contributed by atoms with van der Waals surface area (Å²) in [6.45, 7) is 7.18. The molecule has 0 saturated carbocycles. The van der Waals surface area contributed by atoms with Crippen molar-refractivity contribution in [1.82, 2.24) is 15.5 Å². The van der Waals surface area contributed by atoms with Gasteiger partial charge in [-0.3, -0.25) is 19.3 Å². The van der Waals surface area contributed by atoms with Crippen LogP contribution >= 0.6 is 0 Å². The Morgan fingerprint density at radius 1 is 1.22 bits per heavy atom. The molecule has 3 atom stereocenters. The molecule has 7 heteroatoms. The molecule has 0 radical (unpaired) electrons. The lowest BCUT2D eigenvalue weighted by molar-refractivity contribution is -0.127. The zero-order valence-electron chi connectivity index (χ0n) is 16.7. The van der Waals surface area contributed by atoms with Crippen LogP contribution in [0, 0.1) is 0 Å². The maximum atomic E-state index is 12.5. The Balaban J connectivity index is 1.97. The second kappa shape index (κ2) is 10.6. The predicted octanol–water partition coefficient (Wildman–Crippen LogP) is 1.17. The molecule has 27 heavy (non-hydrogen) atoms. The highest BCUT2D eigenvalue weighted by Crippen LogP contribution is 2.20. The number of carbonyl (C=O) groups excluding carboxylic acids is 3. The van der Waals surface area contributed by atoms with Gasteiger partial charge in [-0.1, -0.05) is 26.0 Å². The summed E-state index contributed by atoms with van der Waals surface area (Å²) < 4.78 is 6.18. The van der Waals surface area contributed by atoms with Gasteiger partial charge in [0, 0.05) is 32.9 Å². The van der Waals surface area contributed by atoms with Crippen molar-refractivity contribution >= 4 is 17.6 Å². The maximum absolute atomic E-state index is 12.5. The summed E-state index contributed by atoms with van der Waals surface area (Å²) in [5.74, 6) is 0.0414. The summed E-state index contributed by atoms with van der Waals surface area (Å²) in [7, 11) is 0. The predicted molar refractivity (Wildman–Crippen MR) is 103 cm³/mol. The first-order valence-corrected chi connectivity index (χ1v) is 10.1. The normalized spacial score (nSPS) is 26.2. The van der Waals surface area contributed by atoms with Gasteiger partial charge in [-0.05, 0) is 19.3 Å². The third-order valence-electron chi connectivity index (χ3n) is 5.26. The number of likely N-dealkylation sites (tertiary alicyclic amines) is 1. The quantitative estimate of drug-likeness (QED) is 0.618. The van der Waals surface area contributed by atoms with Crippen molar-refractivity contribution in [3.8, 4) is 0 Å². The summed E-state index contributed by atoms with van der Waals surface area (Å²) in [5, 5.41) is 6.02. The fourth-order valence-corrected chi connectivity index (χ4v) is 3.67. The summed E-state index contributed by atoms with van der Waals surface area (Å²) in [6, 6.07) is -0.503. The first kappa shape index (κ1) is 21.6. The van der Waals surface area contributed by atoms with Gasteiger partial charge in [-0.15, -0.1) is 0 Å². The number of carbonyl (C=O) groups is 3. The van der Waals surface area contributed by atoms with E-state index in [1.807, 2.05) is 17.1 Å². The monoisotopic (exact) mass is 379 g/mol. The molecule has 0 aromatic rings. The van der Waals surface area contributed by atoms with Gasteiger partial charge >= 0.3 is 0 Å². The van der Waals surface area contributed by atoms with Crippen molar-refractivity contribution < 1.29 is 19.1 Å². The van der Waals surface area contributed by atoms with Gasteiger partial charge < -0.3 is 15.4 Å². The molecule has 0 unspecified atom stereocenters. The van der Waals surface area contributed by atoms with Crippen molar-refractivity contribution in [1.29, 1.82) is 0 Å². The van der Waals surface area contributed by atoms with E-state index in [1.54, 1.807) is 0 Å². The van der Waals surface area contributed by atoms with Crippen LogP contribution in [-0.2, 0) is 19.1 Å². The first-order chi connectivity index (χ1) is 12.9. The Morgan fingerprint density at radius 2 is 1.89 bits per heavy atom. The summed E-state index contributed by atoms with van der Waals surface area (Å²) >= 11 is 0. The smallest absolute Gasteiger partial charge is 0.234 e. The van der Waals surface area contributed by atoms with E-state index in [1.165, 1.54) is 6.92 Å². The van der Waals surface area contributed by atoms with Crippen molar-refractivity contribution in [3.63, 3.8) is 0 Å². The van der Waals surface area contributed by atoms with Crippen molar-refractivity contribution in [2.45, 2.75) is 77.2 Å². The van der Waals surface area contributed by atoms with Gasteiger partial charge in [-0.25, -0.2) is 0 Å². The van der Waals surface area contributed by atoms with Crippen LogP contribution in [-0.4, -0.2) is 66.4 Å². The average molecular weight is 380 g/mol. The summed E-state index contributed by atoms with van der Waals surface area (Å²) in [5.41, 5.74) is 0. The number of Topliss-reactive ketones (excluding diaryl/α,β-unsaturated/α-hetero) is 1. The van der Waals surface area contributed by atoms with Crippen LogP contribution in [0.15, 0.2) is 12.2 Å². The highest BCUT2D eigenvalue weighted by molar-refractivity contribution is 5.81. The second-order valence-corrected chi connectivity index (χ2v) is 7.42. The lowest BCUT2D eigenvalue weighted by atomic mass is 9.92. The van der Waals surface area contributed by atoms with Crippen LogP contribution in [0.1, 0.15) is 52.9 Å². The van der Waals surface area contributed by atoms with Crippen LogP contribution in [0.5, 0.6) is 0 Å². The van der Waals surface area contributed by atoms with Crippen LogP contribution in [0.2, 0.25) is 0 Å². The van der Waals surface area contributed by atoms with E-state index in [4.69, 9.17) is 4.74 Å². The number of amides is 2. The molecule has 1 aliphatic carbocycles. The Kier molecular flexibility index (Phi) is 8.44. The average Bonchev–Trinajstić information content (AvgIpc) is 2.63. The number of ketones is 1. The number of hydrogen-bond donors (Lipinski definition) is 2. The molecule has 1 aliphatic heterocycles. The number of nitrogens with zero attached hydrogens (tertiary/aromatic N) is 1. The summed E-state index contributed by atoms with van der Waals surface area (Å²) in [4.78, 5) is 37.6. The molecule has 0 aromatic carbocycles. The van der Waals surface area contributed by atoms with E-state index in [0.717, 1.165) is 12.8 Å². The van der Waals surface area contributed by atoms with Gasteiger partial charge in [0.2, 0.25) is 11.8 Å². The molecular weight excluding hydrogens is 346 g/mol. The topological polar surface area (TPSA) is 87.7 Å². The zero-order valence-corrected chi connectivity index (χ0v) is 16.7. The van der Waals surface area contributed by atoms with E-state index < -0.39 is 0 Å². The molecule has 1 heterocycles. The number of piperidine rings is 1. The largest absolute Gasteiger partial charge is 0.369 e. The molecule has 1 fully saturated rings. The third-order valence-corrected chi connectivity index (χ3v) is 5.26. The Hall–Kier alpha value is -1.73. The fourth-order valence-electron chi connectivity index (χ4n) is 3.67. The second-order valence-electron chi connectivity index (χ2n) is 7.42. The van der Waals surface area contributed by atoms with Gasteiger partial charge in [0.15, 0.2) is 0 Å². The molecule has 7 nitrogen and oxygen atoms in total. The minimum atomic E-state index is -0.292. The highest BCUT2D eigenvalue weighted by Gasteiger charge is 2.34. The van der Waals surface area contributed by atoms with E-state index in [0.29, 0.717) is 32.4 Å². The van der Waals surface area contributed by atoms with Crippen molar-refractivity contribution in [3.05, 3.63) is 12.2 Å². The van der Waals surface area contributed by atoms with Crippen molar-refractivity contribution in [2.24, 2.45) is 0 Å². The standard InChI is InChI=1S/C20H33N3O4/c1-4-16(5-2)27-18-8-6-7-17(20(18)21-14(3)24)22-19(26)13-23-11-9-15(25)10-12-23/h6,8,16-18,20H,4-5,7,9-13H2,1-3H3,(H,21,24)(H,22,26)/t17-,18+,20+/m0/s1. The molecule has 1 saturated heterocycles. The van der Waals surface area contributed by atoms with E-state index in [2.05, 4.69) is 24.5 Å². The van der Waals surface area contributed by atoms with Gasteiger partial charge in [0.1, 0.15) is 5.78 Å². The van der Waals surface area contributed by atoms with Crippen LogP contribution in [0.4, 0.5) is 0 Å². The van der Waals surface area contributed by atoms with Gasteiger partial charge in [-0.2, -0.15) is 0 Å². The lowest BCUT2D eigenvalue weighted by Crippen LogP contribution is -2.59. The number of ether oxygens (including phenoxy) is 1. The van der Waals surface area contributed by atoms with Gasteiger partial charge in [0.05, 0.1) is 30.8 Å². The Labute approximate surface area is 161 Å². The fraction of sp³-hybridized carbons (Fsp3) is 0.750. The molecule has 2 aliphatic rings. The number of rotatable bonds is 8. The van der Waals surface area contributed by atoms with Crippen LogP contribution in [0.3, 0.4) is 0 Å². The van der Waals surface area contributed by atoms with Crippen LogP contribution in [0.25, 0.3) is 0 Å². The zero-order chi connectivity index (χ0) is 19.8. The Bertz CT molecular complexity index is 549. The van der Waals surface area contributed by atoms with E-state index in [9.17, 15) is 14.4 Å². The number of hydrogen-bond acceptors (Lipinski definition) is 5. The lowest BCUT2D eigenvalue weighted by Gasteiger charge is -2.37. The third kappa shape index (κ3) is 6.74. The van der Waals surface area contributed by atoms with Gasteiger partial charge in [0.25, 0.3) is 0 Å². The van der Waals surface area contributed by atoms with E-state index >= 15 is 0 Å². The maximum Gasteiger partial charge on any atom is 0.234 e. The number of nitrogens with one attached hydrogen (secondary N) is 2. The SMILES string of the molecule is CCC(CC)O[C@@H]1C=CC[C@H](NC(=O)CN2CCC(=O)CC2)[C@H]1NC(C)=O. The molecular formula is C20H33N3O4. The molecule has 2 N–H and O–H groups in total. The minimum Gasteiger partial charge on any atom is -0.369 e. The molecule has 2 rings (SSSR count).